The summed E-state index contributed by atoms with van der Waals surface area (Å²) in [6.07, 6.45) is 4.41. The minimum atomic E-state index is 0.237. The van der Waals surface area contributed by atoms with Crippen LogP contribution in [0.2, 0.25) is 0 Å². The second kappa shape index (κ2) is 5.50. The number of carbonyl (C=O) groups excluding carboxylic acids is 1. The molecule has 0 aromatic heterocycles. The summed E-state index contributed by atoms with van der Waals surface area (Å²) in [5, 5.41) is 3.38. The molecule has 4 heteroatoms. The molecule has 1 N–H and O–H groups in total. The molecule has 1 rings (SSSR count). The van der Waals surface area contributed by atoms with E-state index in [2.05, 4.69) is 5.32 Å². The first-order valence-corrected chi connectivity index (χ1v) is 6.09. The maximum absolute atomic E-state index is 11.4. The molecule has 0 radical (unpaired) electrons. The van der Waals surface area contributed by atoms with E-state index in [4.69, 9.17) is 0 Å². The van der Waals surface area contributed by atoms with Crippen molar-refractivity contribution in [1.82, 2.24) is 10.2 Å². The van der Waals surface area contributed by atoms with Crippen molar-refractivity contribution in [2.24, 2.45) is 0 Å². The van der Waals surface area contributed by atoms with E-state index in [1.54, 1.807) is 11.8 Å². The molecule has 3 nitrogen and oxygen atoms in total. The zero-order chi connectivity index (χ0) is 9.68. The van der Waals surface area contributed by atoms with Gasteiger partial charge in [-0.1, -0.05) is 0 Å². The summed E-state index contributed by atoms with van der Waals surface area (Å²) in [5.74, 6) is 0.838. The summed E-state index contributed by atoms with van der Waals surface area (Å²) >= 11 is 1.58. The van der Waals surface area contributed by atoms with Gasteiger partial charge in [0.25, 0.3) is 0 Å². The van der Waals surface area contributed by atoms with Crippen molar-refractivity contribution < 1.29 is 4.79 Å². The van der Waals surface area contributed by atoms with E-state index >= 15 is 0 Å². The molecule has 1 aliphatic heterocycles. The van der Waals surface area contributed by atoms with Gasteiger partial charge in [0.15, 0.2) is 0 Å². The van der Waals surface area contributed by atoms with Crippen LogP contribution in [0.1, 0.15) is 12.8 Å². The number of rotatable bonds is 4. The highest BCUT2D eigenvalue weighted by atomic mass is 32.2. The summed E-state index contributed by atoms with van der Waals surface area (Å²) in [5.41, 5.74) is 0. The monoisotopic (exact) mass is 202 g/mol. The van der Waals surface area contributed by atoms with Crippen molar-refractivity contribution >= 4 is 17.7 Å². The number of nitrogens with one attached hydrogen (secondary N) is 1. The summed E-state index contributed by atoms with van der Waals surface area (Å²) in [4.78, 5) is 13.2. The average molecular weight is 202 g/mol. The molecule has 0 aromatic rings. The Bertz CT molecular complexity index is 169. The van der Waals surface area contributed by atoms with Gasteiger partial charge < -0.3 is 10.2 Å². The Kier molecular flexibility index (Phi) is 4.59. The number of likely N-dealkylation sites (N-methyl/N-ethyl adjacent to an activating group) is 1. The normalized spacial score (nSPS) is 21.8. The van der Waals surface area contributed by atoms with Crippen LogP contribution in [0.25, 0.3) is 0 Å². The predicted octanol–water partition coefficient (Wildman–Crippen LogP) is 0.560. The van der Waals surface area contributed by atoms with Crippen LogP contribution in [0, 0.1) is 0 Å². The van der Waals surface area contributed by atoms with Crippen LogP contribution in [0.15, 0.2) is 0 Å². The zero-order valence-corrected chi connectivity index (χ0v) is 9.19. The van der Waals surface area contributed by atoms with E-state index in [1.807, 2.05) is 18.2 Å². The summed E-state index contributed by atoms with van der Waals surface area (Å²) in [7, 11) is 1.89. The Morgan fingerprint density at radius 1 is 1.69 bits per heavy atom. The van der Waals surface area contributed by atoms with Gasteiger partial charge >= 0.3 is 0 Å². The number of amides is 1. The van der Waals surface area contributed by atoms with Crippen molar-refractivity contribution in [2.45, 2.75) is 18.9 Å². The number of nitrogens with zero attached hydrogens (tertiary/aromatic N) is 1. The Hall–Kier alpha value is -0.220. The topological polar surface area (TPSA) is 32.3 Å². The minimum absolute atomic E-state index is 0.237. The Labute approximate surface area is 84.2 Å². The van der Waals surface area contributed by atoms with Crippen LogP contribution >= 0.6 is 11.8 Å². The van der Waals surface area contributed by atoms with E-state index in [9.17, 15) is 4.79 Å². The van der Waals surface area contributed by atoms with Crippen LogP contribution in [0.3, 0.4) is 0 Å². The average Bonchev–Trinajstić information content (AvgIpc) is 2.57. The van der Waals surface area contributed by atoms with Gasteiger partial charge in [0.2, 0.25) is 5.91 Å². The molecule has 1 heterocycles. The number of thioether (sulfide) groups is 1. The lowest BCUT2D eigenvalue weighted by molar-refractivity contribution is -0.127. The summed E-state index contributed by atoms with van der Waals surface area (Å²) in [6, 6.07) is 0.524. The quantitative estimate of drug-likeness (QED) is 0.723. The Balaban J connectivity index is 2.22. The number of hydrogen-bond acceptors (Lipinski definition) is 3. The van der Waals surface area contributed by atoms with Gasteiger partial charge in [0.05, 0.1) is 5.75 Å². The third-order valence-corrected chi connectivity index (χ3v) is 2.89. The standard InChI is InChI=1S/C9H18N2OS/c1-11(9(12)7-13-2)6-8-4-3-5-10-8/h8,10H,3-7H2,1-2H3. The molecule has 1 unspecified atom stereocenters. The molecule has 1 atom stereocenters. The fourth-order valence-electron chi connectivity index (χ4n) is 1.58. The number of hydrogen-bond donors (Lipinski definition) is 1. The molecule has 76 valence electrons. The fraction of sp³-hybridized carbons (Fsp3) is 0.889. The number of carbonyl (C=O) groups is 1. The van der Waals surface area contributed by atoms with E-state index in [-0.39, 0.29) is 5.91 Å². The van der Waals surface area contributed by atoms with Crippen LogP contribution in [0.5, 0.6) is 0 Å². The first kappa shape index (κ1) is 10.9. The lowest BCUT2D eigenvalue weighted by Gasteiger charge is -2.20. The Morgan fingerprint density at radius 3 is 3.00 bits per heavy atom. The van der Waals surface area contributed by atoms with Gasteiger partial charge in [-0.25, -0.2) is 0 Å². The van der Waals surface area contributed by atoms with Gasteiger partial charge in [-0.2, -0.15) is 11.8 Å². The third kappa shape index (κ3) is 3.56. The van der Waals surface area contributed by atoms with Crippen molar-refractivity contribution in [2.75, 3.05) is 32.1 Å². The molecule has 1 fully saturated rings. The van der Waals surface area contributed by atoms with Gasteiger partial charge in [0.1, 0.15) is 0 Å². The van der Waals surface area contributed by atoms with Gasteiger partial charge in [-0.15, -0.1) is 0 Å². The molecular formula is C9H18N2OS. The summed E-state index contributed by atoms with van der Waals surface area (Å²) in [6.45, 7) is 1.97. The third-order valence-electron chi connectivity index (χ3n) is 2.35. The smallest absolute Gasteiger partial charge is 0.232 e. The van der Waals surface area contributed by atoms with Crippen LogP contribution < -0.4 is 5.32 Å². The highest BCUT2D eigenvalue weighted by Crippen LogP contribution is 2.06. The zero-order valence-electron chi connectivity index (χ0n) is 8.38. The van der Waals surface area contributed by atoms with Gasteiger partial charge in [0, 0.05) is 19.6 Å². The van der Waals surface area contributed by atoms with E-state index in [1.165, 1.54) is 12.8 Å². The lowest BCUT2D eigenvalue weighted by Crippen LogP contribution is -2.39. The molecule has 1 saturated heterocycles. The molecule has 0 aliphatic carbocycles. The highest BCUT2D eigenvalue weighted by Gasteiger charge is 2.17. The molecular weight excluding hydrogens is 184 g/mol. The van der Waals surface area contributed by atoms with Crippen LogP contribution in [-0.2, 0) is 4.79 Å². The largest absolute Gasteiger partial charge is 0.343 e. The van der Waals surface area contributed by atoms with Crippen molar-refractivity contribution in [3.05, 3.63) is 0 Å². The van der Waals surface area contributed by atoms with E-state index in [0.717, 1.165) is 13.1 Å². The highest BCUT2D eigenvalue weighted by molar-refractivity contribution is 7.99. The molecule has 1 amide bonds. The predicted molar refractivity (Wildman–Crippen MR) is 57.0 cm³/mol. The maximum Gasteiger partial charge on any atom is 0.232 e. The SMILES string of the molecule is CSCC(=O)N(C)CC1CCCN1. The maximum atomic E-state index is 11.4. The molecule has 1 aliphatic rings. The minimum Gasteiger partial charge on any atom is -0.343 e. The first-order valence-electron chi connectivity index (χ1n) is 4.70. The molecule has 13 heavy (non-hydrogen) atoms. The fourth-order valence-corrected chi connectivity index (χ4v) is 2.05. The van der Waals surface area contributed by atoms with E-state index in [0.29, 0.717) is 11.8 Å². The second-order valence-corrected chi connectivity index (χ2v) is 4.37. The van der Waals surface area contributed by atoms with Crippen molar-refractivity contribution in [3.63, 3.8) is 0 Å². The van der Waals surface area contributed by atoms with Crippen molar-refractivity contribution in [3.8, 4) is 0 Å². The second-order valence-electron chi connectivity index (χ2n) is 3.50. The van der Waals surface area contributed by atoms with Gasteiger partial charge in [-0.3, -0.25) is 4.79 Å². The lowest BCUT2D eigenvalue weighted by atomic mass is 10.2. The molecule has 0 bridgehead atoms. The summed E-state index contributed by atoms with van der Waals surface area (Å²) < 4.78 is 0. The van der Waals surface area contributed by atoms with Gasteiger partial charge in [-0.05, 0) is 25.6 Å². The van der Waals surface area contributed by atoms with Crippen LogP contribution in [0.4, 0.5) is 0 Å². The Morgan fingerprint density at radius 2 is 2.46 bits per heavy atom. The first-order chi connectivity index (χ1) is 6.24. The molecule has 0 aromatic carbocycles. The van der Waals surface area contributed by atoms with Crippen LogP contribution in [-0.4, -0.2) is 49.0 Å². The van der Waals surface area contributed by atoms with Crippen molar-refractivity contribution in [1.29, 1.82) is 0 Å². The molecule has 0 saturated carbocycles. The molecule has 0 spiro atoms. The van der Waals surface area contributed by atoms with E-state index < -0.39 is 0 Å².